The molecule has 0 aromatic rings. The zero-order valence-electron chi connectivity index (χ0n) is 17.2. The minimum Gasteiger partial charge on any atom is -0.477 e. The average molecular weight is 657 g/mol. The van der Waals surface area contributed by atoms with Gasteiger partial charge in [0.1, 0.15) is 5.70 Å². The number of fused-ring (bicyclic) bond motifs is 1. The van der Waals surface area contributed by atoms with Crippen LogP contribution in [0.1, 0.15) is 26.7 Å². The molecule has 167 valence electrons. The fourth-order valence-electron chi connectivity index (χ4n) is 5.24. The topological polar surface area (TPSA) is 154 Å². The van der Waals surface area contributed by atoms with Crippen LogP contribution >= 0.6 is 11.8 Å². The number of aliphatic carboxylic acids is 1. The first-order valence-corrected chi connectivity index (χ1v) is 11.0. The smallest absolute Gasteiger partial charge is 0.353 e. The van der Waals surface area contributed by atoms with E-state index in [0.29, 0.717) is 6.54 Å². The number of amides is 1. The van der Waals surface area contributed by atoms with Crippen LogP contribution in [0.25, 0.3) is 0 Å². The number of carbonyl (C=O) groups excluding carboxylic acids is 1. The largest absolute Gasteiger partial charge is 0.477 e. The van der Waals surface area contributed by atoms with E-state index in [2.05, 4.69) is 10.6 Å². The molecule has 3 fully saturated rings. The summed E-state index contributed by atoms with van der Waals surface area (Å²) in [5.74, 6) is -1.78. The summed E-state index contributed by atoms with van der Waals surface area (Å²) in [7, 11) is 0. The Morgan fingerprint density at radius 2 is 2.00 bits per heavy atom. The molecule has 4 heterocycles. The van der Waals surface area contributed by atoms with Gasteiger partial charge in [0, 0.05) is 85.2 Å². The van der Waals surface area contributed by atoms with E-state index in [9.17, 15) is 24.9 Å². The Morgan fingerprint density at radius 1 is 1.30 bits per heavy atom. The van der Waals surface area contributed by atoms with Crippen molar-refractivity contribution in [1.82, 2.24) is 15.5 Å². The predicted octanol–water partition coefficient (Wildman–Crippen LogP) is -1.25. The second kappa shape index (κ2) is 10.5. The number of nitrogens with zero attached hydrogens (tertiary/aromatic N) is 1. The number of carbonyl (C=O) groups is 2. The van der Waals surface area contributed by atoms with Crippen LogP contribution in [0.5, 0.6) is 0 Å². The van der Waals surface area contributed by atoms with Gasteiger partial charge in [-0.15, -0.1) is 11.8 Å². The molecule has 0 bridgehead atoms. The molecule has 1 amide bonds. The van der Waals surface area contributed by atoms with Crippen molar-refractivity contribution in [2.75, 3.05) is 19.6 Å². The Morgan fingerprint density at radius 3 is 2.57 bits per heavy atom. The first-order chi connectivity index (χ1) is 13.3. The average Bonchev–Trinajstić information content (AvgIpc) is 3.35. The number of carboxylic acids is 1. The molecule has 4 aliphatic heterocycles. The third kappa shape index (κ3) is 4.51. The minimum atomic E-state index is -1.09. The maximum Gasteiger partial charge on any atom is 0.353 e. The molecule has 0 saturated carbocycles. The fourth-order valence-corrected chi connectivity index (χ4v) is 6.73. The van der Waals surface area contributed by atoms with Crippen molar-refractivity contribution in [1.29, 1.82) is 0 Å². The number of rotatable bonds is 6. The van der Waals surface area contributed by atoms with Crippen molar-refractivity contribution in [3.63, 3.8) is 0 Å². The van der Waals surface area contributed by atoms with Gasteiger partial charge >= 0.3 is 5.97 Å². The van der Waals surface area contributed by atoms with E-state index in [-0.39, 0.29) is 90.3 Å². The molecule has 8 atom stereocenters. The van der Waals surface area contributed by atoms with Gasteiger partial charge in [0.2, 0.25) is 5.91 Å². The van der Waals surface area contributed by atoms with Crippen molar-refractivity contribution < 1.29 is 74.4 Å². The first kappa shape index (κ1) is 26.5. The molecular formula is C19H31AcN3O6S. The van der Waals surface area contributed by atoms with Crippen LogP contribution < -0.4 is 10.6 Å². The quantitative estimate of drug-likeness (QED) is 0.223. The Balaban J connectivity index is 0.00000160. The summed E-state index contributed by atoms with van der Waals surface area (Å²) < 4.78 is 0. The first-order valence-electron chi connectivity index (χ1n) is 10.1. The normalized spacial score (nSPS) is 37.2. The molecule has 0 aromatic carbocycles. The summed E-state index contributed by atoms with van der Waals surface area (Å²) >= 11 is 1.52. The van der Waals surface area contributed by atoms with Gasteiger partial charge in [-0.3, -0.25) is 4.79 Å². The number of hydrogen-bond acceptors (Lipinski definition) is 7. The number of aliphatic hydroxyl groups is 2. The second-order valence-corrected chi connectivity index (χ2v) is 9.85. The summed E-state index contributed by atoms with van der Waals surface area (Å²) in [4.78, 5) is 26.4. The number of thioether (sulfide) groups is 1. The molecule has 4 rings (SSSR count). The number of hydrogen-bond donors (Lipinski definition) is 5. The van der Waals surface area contributed by atoms with Crippen molar-refractivity contribution in [2.24, 2.45) is 17.8 Å². The maximum atomic E-state index is 12.4. The molecule has 1 radical (unpaired) electrons. The van der Waals surface area contributed by atoms with Crippen LogP contribution in [0.2, 0.25) is 0 Å². The van der Waals surface area contributed by atoms with Gasteiger partial charge in [-0.1, -0.05) is 6.92 Å². The van der Waals surface area contributed by atoms with E-state index in [1.165, 1.54) is 16.7 Å². The van der Waals surface area contributed by atoms with E-state index in [1.807, 2.05) is 6.92 Å². The fraction of sp³-hybridized carbons (Fsp3) is 0.789. The summed E-state index contributed by atoms with van der Waals surface area (Å²) in [5, 5.41) is 37.2. The molecule has 3 saturated heterocycles. The van der Waals surface area contributed by atoms with Gasteiger partial charge in [0.15, 0.2) is 0 Å². The summed E-state index contributed by atoms with van der Waals surface area (Å²) in [6.45, 7) is 6.00. The second-order valence-electron chi connectivity index (χ2n) is 8.51. The number of aliphatic hydroxyl groups excluding tert-OH is 2. The van der Waals surface area contributed by atoms with E-state index in [4.69, 9.17) is 0 Å². The molecule has 0 spiro atoms. The van der Waals surface area contributed by atoms with Gasteiger partial charge in [0.25, 0.3) is 0 Å². The SMILES string of the molecule is CC(O)C1C(=O)N2C(C(=O)O)=C(SC3CN[C@H](C(O)[C@@H]4CCNC4)C3)[C@H](C)C12.O.[Ac]. The van der Waals surface area contributed by atoms with Crippen LogP contribution in [0, 0.1) is 61.8 Å². The maximum absolute atomic E-state index is 12.4. The molecule has 30 heavy (non-hydrogen) atoms. The van der Waals surface area contributed by atoms with Crippen molar-refractivity contribution in [3.8, 4) is 0 Å². The number of nitrogens with one attached hydrogen (secondary N) is 2. The van der Waals surface area contributed by atoms with Crippen LogP contribution in [0.15, 0.2) is 10.6 Å². The summed E-state index contributed by atoms with van der Waals surface area (Å²) in [5.41, 5.74) is 0.0772. The van der Waals surface area contributed by atoms with Crippen molar-refractivity contribution in [2.45, 2.75) is 56.2 Å². The van der Waals surface area contributed by atoms with Gasteiger partial charge in [-0.25, -0.2) is 4.79 Å². The summed E-state index contributed by atoms with van der Waals surface area (Å²) in [6, 6.07) is -0.265. The standard InChI is InChI=1S/C19H29N3O5S.Ac.H2O/c1-8-14-13(9(2)23)18(25)22(14)15(19(26)27)17(8)28-11-5-12(21-7-11)16(24)10-3-4-20-6-10;;/h8-14,16,20-21,23-24H,3-7H2,1-2H3,(H,26,27);;1H2/t8-,9?,10-,11?,12+,13?,14?,16?;;/m1../s1. The Kier molecular flexibility index (Phi) is 9.26. The van der Waals surface area contributed by atoms with E-state index < -0.39 is 24.1 Å². The Labute approximate surface area is 216 Å². The molecule has 7 N–H and O–H groups in total. The monoisotopic (exact) mass is 656 g/mol. The number of β-lactam (4-membered cyclic amide) rings is 1. The summed E-state index contributed by atoms with van der Waals surface area (Å²) in [6.07, 6.45) is 0.547. The van der Waals surface area contributed by atoms with Gasteiger partial charge in [0.05, 0.1) is 24.2 Å². The molecular weight excluding hydrogens is 625 g/mol. The molecule has 11 heteroatoms. The zero-order valence-corrected chi connectivity index (χ0v) is 22.8. The molecule has 4 aliphatic rings. The van der Waals surface area contributed by atoms with E-state index in [1.54, 1.807) is 6.92 Å². The number of carboxylic acid groups (broad SMARTS) is 1. The minimum absolute atomic E-state index is 0. The van der Waals surface area contributed by atoms with Crippen LogP contribution in [0.4, 0.5) is 0 Å². The third-order valence-corrected chi connectivity index (χ3v) is 8.23. The van der Waals surface area contributed by atoms with E-state index >= 15 is 0 Å². The van der Waals surface area contributed by atoms with Gasteiger partial charge in [-0.05, 0) is 26.3 Å². The van der Waals surface area contributed by atoms with Crippen molar-refractivity contribution >= 4 is 23.6 Å². The van der Waals surface area contributed by atoms with Crippen LogP contribution in [0.3, 0.4) is 0 Å². The molecule has 5 unspecified atom stereocenters. The van der Waals surface area contributed by atoms with Crippen LogP contribution in [-0.4, -0.2) is 86.7 Å². The van der Waals surface area contributed by atoms with Gasteiger partial charge in [-0.2, -0.15) is 0 Å². The Bertz CT molecular complexity index is 702. The van der Waals surface area contributed by atoms with Crippen LogP contribution in [-0.2, 0) is 9.59 Å². The molecule has 0 aliphatic carbocycles. The van der Waals surface area contributed by atoms with E-state index in [0.717, 1.165) is 30.8 Å². The predicted molar refractivity (Wildman–Crippen MR) is 108 cm³/mol. The van der Waals surface area contributed by atoms with Gasteiger partial charge < -0.3 is 36.3 Å². The van der Waals surface area contributed by atoms with Crippen molar-refractivity contribution in [3.05, 3.63) is 10.6 Å². The Hall–Kier alpha value is 0.272. The third-order valence-electron chi connectivity index (χ3n) is 6.72. The zero-order chi connectivity index (χ0) is 20.2. The molecule has 9 nitrogen and oxygen atoms in total. The molecule has 0 aromatic heterocycles.